The summed E-state index contributed by atoms with van der Waals surface area (Å²) in [7, 11) is 0. The van der Waals surface area contributed by atoms with Crippen molar-refractivity contribution in [1.82, 2.24) is 4.90 Å². The van der Waals surface area contributed by atoms with Crippen LogP contribution in [0.1, 0.15) is 32.3 Å². The van der Waals surface area contributed by atoms with Gasteiger partial charge in [0.25, 0.3) is 0 Å². The molecule has 1 atom stereocenters. The molecule has 3 nitrogen and oxygen atoms in total. The summed E-state index contributed by atoms with van der Waals surface area (Å²) < 4.78 is 5.59. The lowest BCUT2D eigenvalue weighted by Gasteiger charge is -2.30. The average Bonchev–Trinajstić information content (AvgIpc) is 2.62. The van der Waals surface area contributed by atoms with E-state index in [1.54, 1.807) is 13.0 Å². The number of furan rings is 1. The van der Waals surface area contributed by atoms with Gasteiger partial charge in [-0.3, -0.25) is 4.90 Å². The number of aliphatic hydroxyl groups is 1. The third-order valence-corrected chi connectivity index (χ3v) is 2.78. The van der Waals surface area contributed by atoms with E-state index in [-0.39, 0.29) is 0 Å². The van der Waals surface area contributed by atoms with Crippen LogP contribution in [-0.2, 0) is 6.54 Å². The largest absolute Gasteiger partial charge is 0.465 e. The SMILES string of the molecule is C=CC(C)(O)CN(Cc1ccc(C)o1)CC(C)C. The highest BCUT2D eigenvalue weighted by atomic mass is 16.3. The molecular weight excluding hydrogens is 226 g/mol. The van der Waals surface area contributed by atoms with Crippen molar-refractivity contribution in [1.29, 1.82) is 0 Å². The van der Waals surface area contributed by atoms with E-state index in [1.165, 1.54) is 0 Å². The molecule has 0 bridgehead atoms. The Labute approximate surface area is 110 Å². The summed E-state index contributed by atoms with van der Waals surface area (Å²) in [5.74, 6) is 2.40. The monoisotopic (exact) mass is 251 g/mol. The summed E-state index contributed by atoms with van der Waals surface area (Å²) in [4.78, 5) is 2.20. The molecule has 0 aliphatic carbocycles. The predicted molar refractivity (Wildman–Crippen MR) is 74.4 cm³/mol. The van der Waals surface area contributed by atoms with Gasteiger partial charge in [-0.05, 0) is 31.9 Å². The summed E-state index contributed by atoms with van der Waals surface area (Å²) in [5, 5.41) is 10.1. The fourth-order valence-corrected chi connectivity index (χ4v) is 2.01. The molecule has 0 fully saturated rings. The molecule has 0 saturated heterocycles. The molecule has 0 amide bonds. The first-order valence-electron chi connectivity index (χ1n) is 6.46. The maximum Gasteiger partial charge on any atom is 0.118 e. The van der Waals surface area contributed by atoms with Crippen LogP contribution in [0.4, 0.5) is 0 Å². The van der Waals surface area contributed by atoms with Gasteiger partial charge in [0.1, 0.15) is 11.5 Å². The summed E-state index contributed by atoms with van der Waals surface area (Å²) in [5.41, 5.74) is -0.865. The molecule has 102 valence electrons. The van der Waals surface area contributed by atoms with E-state index < -0.39 is 5.60 Å². The Hall–Kier alpha value is -1.06. The first-order valence-corrected chi connectivity index (χ1v) is 6.46. The third kappa shape index (κ3) is 5.07. The number of rotatable bonds is 7. The Kier molecular flexibility index (Phi) is 5.17. The Morgan fingerprint density at radius 1 is 1.50 bits per heavy atom. The molecule has 1 N–H and O–H groups in total. The van der Waals surface area contributed by atoms with E-state index in [0.29, 0.717) is 12.5 Å². The zero-order valence-corrected chi connectivity index (χ0v) is 11.9. The van der Waals surface area contributed by atoms with Gasteiger partial charge in [0.05, 0.1) is 12.1 Å². The lowest BCUT2D eigenvalue weighted by atomic mass is 10.1. The van der Waals surface area contributed by atoms with Gasteiger partial charge in [-0.15, -0.1) is 6.58 Å². The van der Waals surface area contributed by atoms with Crippen molar-refractivity contribution in [3.8, 4) is 0 Å². The highest BCUT2D eigenvalue weighted by molar-refractivity contribution is 5.06. The second-order valence-corrected chi connectivity index (χ2v) is 5.64. The first kappa shape index (κ1) is 15.0. The normalized spacial score (nSPS) is 15.1. The van der Waals surface area contributed by atoms with Gasteiger partial charge >= 0.3 is 0 Å². The van der Waals surface area contributed by atoms with Crippen molar-refractivity contribution < 1.29 is 9.52 Å². The van der Waals surface area contributed by atoms with Crippen molar-refractivity contribution in [3.63, 3.8) is 0 Å². The van der Waals surface area contributed by atoms with E-state index in [0.717, 1.165) is 24.6 Å². The van der Waals surface area contributed by atoms with E-state index in [4.69, 9.17) is 4.42 Å². The van der Waals surface area contributed by atoms with E-state index in [9.17, 15) is 5.11 Å². The minimum Gasteiger partial charge on any atom is -0.465 e. The smallest absolute Gasteiger partial charge is 0.118 e. The molecule has 0 radical (unpaired) electrons. The maximum absolute atomic E-state index is 10.1. The third-order valence-electron chi connectivity index (χ3n) is 2.78. The van der Waals surface area contributed by atoms with Crippen molar-refractivity contribution >= 4 is 0 Å². The van der Waals surface area contributed by atoms with E-state index >= 15 is 0 Å². The van der Waals surface area contributed by atoms with Gasteiger partial charge in [0.2, 0.25) is 0 Å². The molecule has 18 heavy (non-hydrogen) atoms. The van der Waals surface area contributed by atoms with Gasteiger partial charge in [0, 0.05) is 13.1 Å². The fourth-order valence-electron chi connectivity index (χ4n) is 2.01. The van der Waals surface area contributed by atoms with E-state index in [2.05, 4.69) is 25.3 Å². The van der Waals surface area contributed by atoms with Crippen LogP contribution >= 0.6 is 0 Å². The Bertz CT molecular complexity index is 380. The van der Waals surface area contributed by atoms with Gasteiger partial charge in [0.15, 0.2) is 0 Å². The predicted octanol–water partition coefficient (Wildman–Crippen LogP) is 2.98. The molecule has 0 aromatic carbocycles. The summed E-state index contributed by atoms with van der Waals surface area (Å²) in [6, 6.07) is 3.96. The quantitative estimate of drug-likeness (QED) is 0.757. The summed E-state index contributed by atoms with van der Waals surface area (Å²) in [6.07, 6.45) is 1.59. The highest BCUT2D eigenvalue weighted by Crippen LogP contribution is 2.15. The molecule has 1 rings (SSSR count). The lowest BCUT2D eigenvalue weighted by molar-refractivity contribution is 0.0513. The number of hydrogen-bond donors (Lipinski definition) is 1. The van der Waals surface area contributed by atoms with Crippen molar-refractivity contribution in [2.24, 2.45) is 5.92 Å². The molecule has 0 spiro atoms. The molecule has 0 aliphatic heterocycles. The van der Waals surface area contributed by atoms with Crippen LogP contribution in [0.15, 0.2) is 29.2 Å². The zero-order chi connectivity index (χ0) is 13.8. The lowest BCUT2D eigenvalue weighted by Crippen LogP contribution is -2.40. The van der Waals surface area contributed by atoms with Crippen LogP contribution in [0.25, 0.3) is 0 Å². The van der Waals surface area contributed by atoms with Gasteiger partial charge in [-0.25, -0.2) is 0 Å². The molecule has 1 aromatic heterocycles. The molecule has 0 aliphatic rings. The van der Waals surface area contributed by atoms with Crippen molar-refractivity contribution in [2.45, 2.75) is 39.8 Å². The van der Waals surface area contributed by atoms with Gasteiger partial charge in [-0.2, -0.15) is 0 Å². The van der Waals surface area contributed by atoms with Crippen LogP contribution in [0.2, 0.25) is 0 Å². The molecule has 1 aromatic rings. The van der Waals surface area contributed by atoms with Crippen LogP contribution in [-0.4, -0.2) is 28.7 Å². The van der Waals surface area contributed by atoms with Crippen molar-refractivity contribution in [3.05, 3.63) is 36.3 Å². The van der Waals surface area contributed by atoms with Crippen molar-refractivity contribution in [2.75, 3.05) is 13.1 Å². The highest BCUT2D eigenvalue weighted by Gasteiger charge is 2.21. The zero-order valence-electron chi connectivity index (χ0n) is 11.9. The molecule has 0 saturated carbocycles. The Morgan fingerprint density at radius 2 is 2.17 bits per heavy atom. The van der Waals surface area contributed by atoms with Gasteiger partial charge in [-0.1, -0.05) is 19.9 Å². The van der Waals surface area contributed by atoms with Crippen LogP contribution < -0.4 is 0 Å². The number of hydrogen-bond acceptors (Lipinski definition) is 3. The van der Waals surface area contributed by atoms with Crippen LogP contribution in [0.3, 0.4) is 0 Å². The van der Waals surface area contributed by atoms with Gasteiger partial charge < -0.3 is 9.52 Å². The first-order chi connectivity index (χ1) is 8.32. The minimum absolute atomic E-state index is 0.543. The molecule has 1 unspecified atom stereocenters. The standard InChI is InChI=1S/C15H25NO2/c1-6-15(5,17)11-16(9-12(2)3)10-14-8-7-13(4)18-14/h6-8,12,17H,1,9-11H2,2-5H3. The second kappa shape index (κ2) is 6.21. The Morgan fingerprint density at radius 3 is 2.61 bits per heavy atom. The minimum atomic E-state index is -0.865. The average molecular weight is 251 g/mol. The summed E-state index contributed by atoms with van der Waals surface area (Å²) >= 11 is 0. The fraction of sp³-hybridized carbons (Fsp3) is 0.600. The Balaban J connectivity index is 2.69. The number of nitrogens with zero attached hydrogens (tertiary/aromatic N) is 1. The second-order valence-electron chi connectivity index (χ2n) is 5.64. The van der Waals surface area contributed by atoms with Crippen LogP contribution in [0, 0.1) is 12.8 Å². The van der Waals surface area contributed by atoms with E-state index in [1.807, 2.05) is 19.1 Å². The van der Waals surface area contributed by atoms with Crippen LogP contribution in [0.5, 0.6) is 0 Å². The topological polar surface area (TPSA) is 36.6 Å². The number of aryl methyl sites for hydroxylation is 1. The summed E-state index contributed by atoms with van der Waals surface area (Å²) in [6.45, 7) is 13.9. The maximum atomic E-state index is 10.1. The molecule has 3 heteroatoms. The molecular formula is C15H25NO2. The molecule has 1 heterocycles.